The van der Waals surface area contributed by atoms with Gasteiger partial charge in [-0.1, -0.05) is 23.4 Å². The third kappa shape index (κ3) is 3.23. The molecule has 1 unspecified atom stereocenters. The molecular weight excluding hydrogens is 260 g/mol. The molecule has 1 aromatic heterocycles. The molecule has 1 heterocycles. The zero-order valence-corrected chi connectivity index (χ0v) is 11.3. The molecule has 1 aromatic carbocycles. The molecule has 0 spiro atoms. The number of ether oxygens (including phenoxy) is 1. The quantitative estimate of drug-likeness (QED) is 0.873. The number of aliphatic hydroxyl groups excluding tert-OH is 1. The molecule has 0 saturated heterocycles. The Balaban J connectivity index is 2.15. The minimum absolute atomic E-state index is 0.164. The first kappa shape index (κ1) is 14.2. The first-order valence-electron chi connectivity index (χ1n) is 6.14. The lowest BCUT2D eigenvalue weighted by atomic mass is 10.1. The Labute approximate surface area is 116 Å². The molecule has 20 heavy (non-hydrogen) atoms. The van der Waals surface area contributed by atoms with Crippen LogP contribution in [0.4, 0.5) is 5.69 Å². The second kappa shape index (κ2) is 6.31. The second-order valence-corrected chi connectivity index (χ2v) is 4.33. The standard InChI is InChI=1S/C14H16N2O4/c1-9(17)11-5-3-4-6-12(11)15-14(18)13-7-10(8-19-2)20-16-13/h3-7,9,17H,8H2,1-2H3,(H,15,18). The fraction of sp³-hybridized carbons (Fsp3) is 0.286. The first-order chi connectivity index (χ1) is 9.61. The summed E-state index contributed by atoms with van der Waals surface area (Å²) >= 11 is 0. The van der Waals surface area contributed by atoms with Crippen LogP contribution >= 0.6 is 0 Å². The highest BCUT2D eigenvalue weighted by atomic mass is 16.5. The van der Waals surface area contributed by atoms with Crippen LogP contribution in [0.3, 0.4) is 0 Å². The average Bonchev–Trinajstić information content (AvgIpc) is 2.88. The van der Waals surface area contributed by atoms with Crippen molar-refractivity contribution in [3.63, 3.8) is 0 Å². The van der Waals surface area contributed by atoms with Crippen LogP contribution in [0.25, 0.3) is 0 Å². The number of carbonyl (C=O) groups excluding carboxylic acids is 1. The molecular formula is C14H16N2O4. The number of para-hydroxylation sites is 1. The predicted molar refractivity (Wildman–Crippen MR) is 72.2 cm³/mol. The van der Waals surface area contributed by atoms with E-state index in [1.807, 2.05) is 0 Å². The van der Waals surface area contributed by atoms with Crippen molar-refractivity contribution in [2.45, 2.75) is 19.6 Å². The van der Waals surface area contributed by atoms with Crippen molar-refractivity contribution in [3.8, 4) is 0 Å². The van der Waals surface area contributed by atoms with E-state index in [2.05, 4.69) is 10.5 Å². The Bertz CT molecular complexity index is 592. The van der Waals surface area contributed by atoms with Gasteiger partial charge in [0.1, 0.15) is 6.61 Å². The maximum Gasteiger partial charge on any atom is 0.277 e. The fourth-order valence-corrected chi connectivity index (χ4v) is 1.79. The first-order valence-corrected chi connectivity index (χ1v) is 6.14. The van der Waals surface area contributed by atoms with Crippen LogP contribution in [0.15, 0.2) is 34.9 Å². The lowest BCUT2D eigenvalue weighted by molar-refractivity contribution is 0.101. The van der Waals surface area contributed by atoms with Crippen LogP contribution < -0.4 is 5.32 Å². The van der Waals surface area contributed by atoms with Gasteiger partial charge in [-0.25, -0.2) is 0 Å². The number of aliphatic hydroxyl groups is 1. The van der Waals surface area contributed by atoms with Gasteiger partial charge in [0, 0.05) is 24.4 Å². The number of hydrogen-bond acceptors (Lipinski definition) is 5. The van der Waals surface area contributed by atoms with Crippen LogP contribution in [0.2, 0.25) is 0 Å². The van der Waals surface area contributed by atoms with Gasteiger partial charge >= 0.3 is 0 Å². The minimum atomic E-state index is -0.673. The number of methoxy groups -OCH3 is 1. The van der Waals surface area contributed by atoms with Crippen LogP contribution in [-0.2, 0) is 11.3 Å². The monoisotopic (exact) mass is 276 g/mol. The number of amides is 1. The Hall–Kier alpha value is -2.18. The van der Waals surface area contributed by atoms with Gasteiger partial charge in [0.2, 0.25) is 0 Å². The maximum atomic E-state index is 12.1. The highest BCUT2D eigenvalue weighted by molar-refractivity contribution is 6.03. The summed E-state index contributed by atoms with van der Waals surface area (Å²) in [6.45, 7) is 1.89. The van der Waals surface area contributed by atoms with Crippen molar-refractivity contribution in [3.05, 3.63) is 47.3 Å². The van der Waals surface area contributed by atoms with E-state index < -0.39 is 12.0 Å². The van der Waals surface area contributed by atoms with Gasteiger partial charge < -0.3 is 19.7 Å². The summed E-state index contributed by atoms with van der Waals surface area (Å²) in [5, 5.41) is 16.0. The fourth-order valence-electron chi connectivity index (χ4n) is 1.79. The molecule has 106 valence electrons. The number of rotatable bonds is 5. The topological polar surface area (TPSA) is 84.6 Å². The van der Waals surface area contributed by atoms with Crippen molar-refractivity contribution in [2.24, 2.45) is 0 Å². The van der Waals surface area contributed by atoms with Crippen LogP contribution in [0.1, 0.15) is 34.8 Å². The lowest BCUT2D eigenvalue weighted by Gasteiger charge is -2.11. The third-order valence-corrected chi connectivity index (χ3v) is 2.74. The largest absolute Gasteiger partial charge is 0.389 e. The summed E-state index contributed by atoms with van der Waals surface area (Å²) < 4.78 is 9.85. The molecule has 0 bridgehead atoms. The van der Waals surface area contributed by atoms with Crippen LogP contribution in [0, 0.1) is 0 Å². The summed E-state index contributed by atoms with van der Waals surface area (Å²) in [5.74, 6) is 0.0747. The van der Waals surface area contributed by atoms with Crippen molar-refractivity contribution < 1.29 is 19.2 Å². The molecule has 6 nitrogen and oxygen atoms in total. The predicted octanol–water partition coefficient (Wildman–Crippen LogP) is 2.13. The second-order valence-electron chi connectivity index (χ2n) is 4.33. The molecule has 2 aromatic rings. The van der Waals surface area contributed by atoms with Gasteiger partial charge in [-0.15, -0.1) is 0 Å². The van der Waals surface area contributed by atoms with Crippen molar-refractivity contribution >= 4 is 11.6 Å². The molecule has 2 rings (SSSR count). The summed E-state index contributed by atoms with van der Waals surface area (Å²) in [6.07, 6.45) is -0.673. The highest BCUT2D eigenvalue weighted by Crippen LogP contribution is 2.22. The van der Waals surface area contributed by atoms with E-state index in [0.717, 1.165) is 0 Å². The molecule has 0 fully saturated rings. The zero-order valence-electron chi connectivity index (χ0n) is 11.3. The maximum absolute atomic E-state index is 12.1. The van der Waals surface area contributed by atoms with Crippen molar-refractivity contribution in [1.29, 1.82) is 0 Å². The molecule has 1 amide bonds. The number of nitrogens with zero attached hydrogens (tertiary/aromatic N) is 1. The van der Waals surface area contributed by atoms with E-state index in [9.17, 15) is 9.90 Å². The molecule has 0 aliphatic heterocycles. The number of anilines is 1. The Morgan fingerprint density at radius 2 is 2.25 bits per heavy atom. The van der Waals surface area contributed by atoms with Gasteiger partial charge in [-0.3, -0.25) is 4.79 Å². The SMILES string of the molecule is COCc1cc(C(=O)Nc2ccccc2C(C)O)no1. The van der Waals surface area contributed by atoms with Crippen LogP contribution in [0.5, 0.6) is 0 Å². The van der Waals surface area contributed by atoms with E-state index in [-0.39, 0.29) is 12.3 Å². The number of hydrogen-bond donors (Lipinski definition) is 2. The van der Waals surface area contributed by atoms with Gasteiger partial charge in [0.25, 0.3) is 5.91 Å². The third-order valence-electron chi connectivity index (χ3n) is 2.74. The number of carbonyl (C=O) groups is 1. The summed E-state index contributed by atoms with van der Waals surface area (Å²) in [5.41, 5.74) is 1.35. The summed E-state index contributed by atoms with van der Waals surface area (Å²) in [4.78, 5) is 12.1. The average molecular weight is 276 g/mol. The Kier molecular flexibility index (Phi) is 4.49. The number of benzene rings is 1. The van der Waals surface area contributed by atoms with E-state index >= 15 is 0 Å². The number of nitrogens with one attached hydrogen (secondary N) is 1. The molecule has 1 atom stereocenters. The molecule has 0 aliphatic rings. The van der Waals surface area contributed by atoms with Gasteiger partial charge in [0.05, 0.1) is 6.10 Å². The Morgan fingerprint density at radius 3 is 2.95 bits per heavy atom. The zero-order chi connectivity index (χ0) is 14.5. The molecule has 0 saturated carbocycles. The van der Waals surface area contributed by atoms with E-state index in [1.165, 1.54) is 13.2 Å². The smallest absolute Gasteiger partial charge is 0.277 e. The number of aromatic nitrogens is 1. The van der Waals surface area contributed by atoms with E-state index in [1.54, 1.807) is 31.2 Å². The van der Waals surface area contributed by atoms with Crippen molar-refractivity contribution in [2.75, 3.05) is 12.4 Å². The lowest BCUT2D eigenvalue weighted by Crippen LogP contribution is -2.14. The minimum Gasteiger partial charge on any atom is -0.389 e. The van der Waals surface area contributed by atoms with Crippen molar-refractivity contribution in [1.82, 2.24) is 5.16 Å². The Morgan fingerprint density at radius 1 is 1.50 bits per heavy atom. The highest BCUT2D eigenvalue weighted by Gasteiger charge is 2.15. The molecule has 0 aliphatic carbocycles. The van der Waals surface area contributed by atoms with Crippen LogP contribution in [-0.4, -0.2) is 23.3 Å². The van der Waals surface area contributed by atoms with E-state index in [4.69, 9.17) is 9.26 Å². The van der Waals surface area contributed by atoms with Gasteiger partial charge in [-0.2, -0.15) is 0 Å². The normalized spacial score (nSPS) is 12.2. The van der Waals surface area contributed by atoms with Gasteiger partial charge in [0.15, 0.2) is 11.5 Å². The summed E-state index contributed by atoms with van der Waals surface area (Å²) in [6, 6.07) is 8.56. The van der Waals surface area contributed by atoms with E-state index in [0.29, 0.717) is 17.0 Å². The molecule has 0 radical (unpaired) electrons. The summed E-state index contributed by atoms with van der Waals surface area (Å²) in [7, 11) is 1.53. The molecule has 2 N–H and O–H groups in total. The molecule has 6 heteroatoms. The van der Waals surface area contributed by atoms with Gasteiger partial charge in [-0.05, 0) is 13.0 Å².